The zero-order valence-electron chi connectivity index (χ0n) is 19.4. The number of fused-ring (bicyclic) bond motifs is 1. The summed E-state index contributed by atoms with van der Waals surface area (Å²) in [5, 5.41) is 11.2. The molecule has 174 valence electrons. The summed E-state index contributed by atoms with van der Waals surface area (Å²) >= 11 is 0. The maximum absolute atomic E-state index is 13.4. The van der Waals surface area contributed by atoms with E-state index < -0.39 is 0 Å². The largest absolute Gasteiger partial charge is 0.349 e. The number of likely N-dealkylation sites (N-methyl/N-ethyl adjacent to an activating group) is 1. The third-order valence-electron chi connectivity index (χ3n) is 6.58. The van der Waals surface area contributed by atoms with Gasteiger partial charge >= 0.3 is 0 Å². The zero-order valence-corrected chi connectivity index (χ0v) is 19.4. The monoisotopic (exact) mass is 449 g/mol. The summed E-state index contributed by atoms with van der Waals surface area (Å²) in [6, 6.07) is 15.4. The van der Waals surface area contributed by atoms with Crippen LogP contribution in [0.3, 0.4) is 0 Å². The van der Waals surface area contributed by atoms with Crippen molar-refractivity contribution in [2.24, 2.45) is 7.05 Å². The van der Waals surface area contributed by atoms with Gasteiger partial charge in [-0.15, -0.1) is 10.2 Å². The van der Waals surface area contributed by atoms with Gasteiger partial charge in [-0.3, -0.25) is 4.79 Å². The van der Waals surface area contributed by atoms with Crippen LogP contribution in [0.5, 0.6) is 0 Å². The molecular weight excluding hydrogens is 417 g/mol. The maximum atomic E-state index is 13.4. The fourth-order valence-corrected chi connectivity index (χ4v) is 4.57. The van der Waals surface area contributed by atoms with Crippen LogP contribution >= 0.6 is 0 Å². The van der Waals surface area contributed by atoms with Gasteiger partial charge in [0.15, 0.2) is 5.82 Å². The van der Waals surface area contributed by atoms with Crippen molar-refractivity contribution >= 4 is 5.91 Å². The van der Waals surface area contributed by atoms with Crippen LogP contribution in [0.15, 0.2) is 48.5 Å². The summed E-state index contributed by atoms with van der Waals surface area (Å²) in [6.45, 7) is 1.65. The molecule has 0 saturated carbocycles. The molecule has 1 unspecified atom stereocenters. The second-order valence-corrected chi connectivity index (χ2v) is 8.88. The minimum absolute atomic E-state index is 0.136. The first-order valence-electron chi connectivity index (χ1n) is 11.7. The molecule has 6 nitrogen and oxygen atoms in total. The molecule has 1 aliphatic carbocycles. The smallest absolute Gasteiger partial charge is 0.289 e. The SMILES string of the molecule is CN(CCCCCNC(=O)c1nnc(-c2ccccc2)n1C)C1CCc2cc(F)ccc2C1. The maximum Gasteiger partial charge on any atom is 0.289 e. The van der Waals surface area contributed by atoms with Crippen LogP contribution in [0.2, 0.25) is 0 Å². The van der Waals surface area contributed by atoms with Crippen molar-refractivity contribution in [2.45, 2.75) is 44.6 Å². The Morgan fingerprint density at radius 2 is 1.94 bits per heavy atom. The second kappa shape index (κ2) is 10.7. The van der Waals surface area contributed by atoms with Gasteiger partial charge in [-0.1, -0.05) is 42.8 Å². The summed E-state index contributed by atoms with van der Waals surface area (Å²) in [6.07, 6.45) is 6.07. The van der Waals surface area contributed by atoms with Crippen molar-refractivity contribution in [3.05, 3.63) is 71.3 Å². The molecule has 0 saturated heterocycles. The van der Waals surface area contributed by atoms with Gasteiger partial charge in [0.25, 0.3) is 5.91 Å². The van der Waals surface area contributed by atoms with Crippen LogP contribution in [0.25, 0.3) is 11.4 Å². The van der Waals surface area contributed by atoms with Gasteiger partial charge in [-0.05, 0) is 69.0 Å². The first kappa shape index (κ1) is 23.1. The van der Waals surface area contributed by atoms with Gasteiger partial charge in [-0.25, -0.2) is 4.39 Å². The molecule has 0 aliphatic heterocycles. The Morgan fingerprint density at radius 1 is 1.12 bits per heavy atom. The fraction of sp³-hybridized carbons (Fsp3) is 0.423. The number of benzene rings is 2. The number of amides is 1. The molecule has 1 atom stereocenters. The summed E-state index contributed by atoms with van der Waals surface area (Å²) in [5.74, 6) is 0.676. The molecule has 2 aromatic carbocycles. The lowest BCUT2D eigenvalue weighted by Gasteiger charge is -2.32. The van der Waals surface area contributed by atoms with Crippen molar-refractivity contribution in [3.63, 3.8) is 0 Å². The average Bonchev–Trinajstić information content (AvgIpc) is 3.22. The van der Waals surface area contributed by atoms with Gasteiger partial charge in [0, 0.05) is 25.2 Å². The molecule has 7 heteroatoms. The number of hydrogen-bond acceptors (Lipinski definition) is 4. The Kier molecular flexibility index (Phi) is 7.50. The van der Waals surface area contributed by atoms with Crippen LogP contribution in [-0.2, 0) is 19.9 Å². The molecule has 1 heterocycles. The van der Waals surface area contributed by atoms with Crippen LogP contribution in [0.1, 0.15) is 47.4 Å². The predicted octanol–water partition coefficient (Wildman–Crippen LogP) is 4.01. The van der Waals surface area contributed by atoms with E-state index in [-0.39, 0.29) is 11.7 Å². The van der Waals surface area contributed by atoms with Crippen LogP contribution < -0.4 is 5.32 Å². The number of aryl methyl sites for hydroxylation is 1. The molecule has 0 spiro atoms. The third-order valence-corrected chi connectivity index (χ3v) is 6.58. The Morgan fingerprint density at radius 3 is 2.76 bits per heavy atom. The Labute approximate surface area is 194 Å². The topological polar surface area (TPSA) is 63.1 Å². The normalized spacial score (nSPS) is 15.5. The summed E-state index contributed by atoms with van der Waals surface area (Å²) < 4.78 is 15.1. The number of carbonyl (C=O) groups is 1. The zero-order chi connectivity index (χ0) is 23.2. The second-order valence-electron chi connectivity index (χ2n) is 8.88. The first-order chi connectivity index (χ1) is 16.0. The van der Waals surface area contributed by atoms with E-state index >= 15 is 0 Å². The number of nitrogens with one attached hydrogen (secondary N) is 1. The van der Waals surface area contributed by atoms with E-state index in [2.05, 4.69) is 27.5 Å². The van der Waals surface area contributed by atoms with E-state index in [0.29, 0.717) is 24.2 Å². The molecule has 1 amide bonds. The highest BCUT2D eigenvalue weighted by molar-refractivity contribution is 5.91. The number of unbranched alkanes of at least 4 members (excludes halogenated alkanes) is 2. The van der Waals surface area contributed by atoms with Gasteiger partial charge in [-0.2, -0.15) is 0 Å². The Bertz CT molecular complexity index is 1080. The Balaban J connectivity index is 1.16. The summed E-state index contributed by atoms with van der Waals surface area (Å²) in [5.41, 5.74) is 3.37. The third kappa shape index (κ3) is 5.66. The summed E-state index contributed by atoms with van der Waals surface area (Å²) in [7, 11) is 3.99. The van der Waals surface area contributed by atoms with Crippen LogP contribution in [-0.4, -0.2) is 51.8 Å². The predicted molar refractivity (Wildman–Crippen MR) is 127 cm³/mol. The number of halogens is 1. The molecule has 0 fully saturated rings. The molecule has 33 heavy (non-hydrogen) atoms. The quantitative estimate of drug-likeness (QED) is 0.502. The molecule has 1 aliphatic rings. The number of hydrogen-bond donors (Lipinski definition) is 1. The minimum Gasteiger partial charge on any atom is -0.349 e. The van der Waals surface area contributed by atoms with Crippen molar-refractivity contribution in [3.8, 4) is 11.4 Å². The molecule has 1 aromatic heterocycles. The lowest BCUT2D eigenvalue weighted by molar-refractivity contribution is 0.0939. The highest BCUT2D eigenvalue weighted by Gasteiger charge is 2.22. The summed E-state index contributed by atoms with van der Waals surface area (Å²) in [4.78, 5) is 14.9. The lowest BCUT2D eigenvalue weighted by Crippen LogP contribution is -2.37. The van der Waals surface area contributed by atoms with Gasteiger partial charge < -0.3 is 14.8 Å². The van der Waals surface area contributed by atoms with Gasteiger partial charge in [0.05, 0.1) is 0 Å². The highest BCUT2D eigenvalue weighted by Crippen LogP contribution is 2.25. The molecule has 0 radical (unpaired) electrons. The number of nitrogens with zero attached hydrogens (tertiary/aromatic N) is 4. The fourth-order valence-electron chi connectivity index (χ4n) is 4.57. The number of aromatic nitrogens is 3. The lowest BCUT2D eigenvalue weighted by atomic mass is 9.87. The van der Waals surface area contributed by atoms with E-state index in [9.17, 15) is 9.18 Å². The van der Waals surface area contributed by atoms with Crippen molar-refractivity contribution in [1.29, 1.82) is 0 Å². The van der Waals surface area contributed by atoms with Crippen LogP contribution in [0, 0.1) is 5.82 Å². The van der Waals surface area contributed by atoms with E-state index in [1.807, 2.05) is 43.4 Å². The van der Waals surface area contributed by atoms with E-state index in [1.165, 1.54) is 5.56 Å². The Hall–Kier alpha value is -3.06. The number of carbonyl (C=O) groups excluding carboxylic acids is 1. The van der Waals surface area contributed by atoms with Crippen LogP contribution in [0.4, 0.5) is 4.39 Å². The van der Waals surface area contributed by atoms with Gasteiger partial charge in [0.1, 0.15) is 5.82 Å². The van der Waals surface area contributed by atoms with Crippen molar-refractivity contribution in [1.82, 2.24) is 25.0 Å². The minimum atomic E-state index is -0.193. The van der Waals surface area contributed by atoms with Crippen molar-refractivity contribution in [2.75, 3.05) is 20.1 Å². The van der Waals surface area contributed by atoms with E-state index in [1.54, 1.807) is 16.7 Å². The molecule has 0 bridgehead atoms. The molecular formula is C26H32FN5O. The highest BCUT2D eigenvalue weighted by atomic mass is 19.1. The van der Waals surface area contributed by atoms with E-state index in [0.717, 1.165) is 56.2 Å². The molecule has 1 N–H and O–H groups in total. The van der Waals surface area contributed by atoms with Crippen molar-refractivity contribution < 1.29 is 9.18 Å². The average molecular weight is 450 g/mol. The van der Waals surface area contributed by atoms with E-state index in [4.69, 9.17) is 0 Å². The first-order valence-corrected chi connectivity index (χ1v) is 11.7. The molecule has 3 aromatic rings. The van der Waals surface area contributed by atoms with Gasteiger partial charge in [0.2, 0.25) is 5.82 Å². The number of rotatable bonds is 9. The molecule has 4 rings (SSSR count). The standard InChI is InChI=1S/C26H32FN5O/c1-31(23-14-12-20-17-22(27)13-11-21(20)18-23)16-8-4-7-15-28-26(33)25-30-29-24(32(25)2)19-9-5-3-6-10-19/h3,5-6,9-11,13,17,23H,4,7-8,12,14-16,18H2,1-2H3,(H,28,33).